The summed E-state index contributed by atoms with van der Waals surface area (Å²) in [5.74, 6) is 0.632. The number of ether oxygens (including phenoxy) is 1. The van der Waals surface area contributed by atoms with Gasteiger partial charge < -0.3 is 10.1 Å². The maximum Gasteiger partial charge on any atom is 0.417 e. The number of benzene rings is 2. The van der Waals surface area contributed by atoms with Crippen LogP contribution < -0.4 is 10.1 Å². The highest BCUT2D eigenvalue weighted by Gasteiger charge is 2.34. The number of hydrogen-bond acceptors (Lipinski definition) is 2. The minimum Gasteiger partial charge on any atom is -0.492 e. The zero-order valence-corrected chi connectivity index (χ0v) is 13.6. The SMILES string of the molecule is FC(F)(F)c1cccc(Cl)c1-c1ccc(OC[C@H]2CCCN2)cc1. The molecule has 3 rings (SSSR count). The Morgan fingerprint density at radius 2 is 1.88 bits per heavy atom. The van der Waals surface area contributed by atoms with Gasteiger partial charge in [0.25, 0.3) is 0 Å². The van der Waals surface area contributed by atoms with E-state index in [-0.39, 0.29) is 10.6 Å². The van der Waals surface area contributed by atoms with Crippen LogP contribution in [0.25, 0.3) is 11.1 Å². The molecule has 1 aliphatic rings. The molecule has 0 bridgehead atoms. The summed E-state index contributed by atoms with van der Waals surface area (Å²) in [6.07, 6.45) is -2.24. The van der Waals surface area contributed by atoms with Gasteiger partial charge in [0.15, 0.2) is 0 Å². The first kappa shape index (κ1) is 17.1. The van der Waals surface area contributed by atoms with E-state index in [9.17, 15) is 13.2 Å². The van der Waals surface area contributed by atoms with Crippen LogP contribution in [0.5, 0.6) is 5.75 Å². The molecule has 1 aliphatic heterocycles. The second-order valence-corrected chi connectivity index (χ2v) is 6.20. The molecule has 0 spiro atoms. The van der Waals surface area contributed by atoms with Crippen LogP contribution in [-0.2, 0) is 6.18 Å². The van der Waals surface area contributed by atoms with E-state index >= 15 is 0 Å². The molecule has 0 amide bonds. The van der Waals surface area contributed by atoms with Gasteiger partial charge in [-0.2, -0.15) is 13.2 Å². The van der Waals surface area contributed by atoms with Crippen molar-refractivity contribution in [3.05, 3.63) is 53.1 Å². The van der Waals surface area contributed by atoms with Gasteiger partial charge in [0.2, 0.25) is 0 Å². The lowest BCUT2D eigenvalue weighted by molar-refractivity contribution is -0.137. The Kier molecular flexibility index (Phi) is 5.01. The van der Waals surface area contributed by atoms with Crippen LogP contribution in [0, 0.1) is 0 Å². The van der Waals surface area contributed by atoms with Crippen molar-refractivity contribution in [2.45, 2.75) is 25.1 Å². The summed E-state index contributed by atoms with van der Waals surface area (Å²) in [4.78, 5) is 0. The summed E-state index contributed by atoms with van der Waals surface area (Å²) in [6, 6.07) is 10.7. The summed E-state index contributed by atoms with van der Waals surface area (Å²) in [7, 11) is 0. The lowest BCUT2D eigenvalue weighted by Crippen LogP contribution is -2.28. The molecule has 6 heteroatoms. The van der Waals surface area contributed by atoms with Gasteiger partial charge in [-0.05, 0) is 49.2 Å². The number of nitrogens with one attached hydrogen (secondary N) is 1. The molecule has 0 aliphatic carbocycles. The molecule has 1 heterocycles. The lowest BCUT2D eigenvalue weighted by Gasteiger charge is -2.15. The second kappa shape index (κ2) is 7.03. The summed E-state index contributed by atoms with van der Waals surface area (Å²) >= 11 is 6.02. The molecular weight excluding hydrogens is 339 g/mol. The van der Waals surface area contributed by atoms with Gasteiger partial charge in [-0.15, -0.1) is 0 Å². The molecular formula is C18H17ClF3NO. The van der Waals surface area contributed by atoms with Gasteiger partial charge in [0.1, 0.15) is 12.4 Å². The summed E-state index contributed by atoms with van der Waals surface area (Å²) in [5, 5.41) is 3.41. The average molecular weight is 356 g/mol. The van der Waals surface area contributed by atoms with Crippen LogP contribution in [0.15, 0.2) is 42.5 Å². The average Bonchev–Trinajstić information content (AvgIpc) is 3.06. The number of halogens is 4. The fraction of sp³-hybridized carbons (Fsp3) is 0.333. The third kappa shape index (κ3) is 3.84. The molecule has 0 saturated carbocycles. The van der Waals surface area contributed by atoms with E-state index in [1.54, 1.807) is 24.3 Å². The minimum absolute atomic E-state index is 0.00400. The molecule has 2 nitrogen and oxygen atoms in total. The van der Waals surface area contributed by atoms with Crippen LogP contribution in [0.3, 0.4) is 0 Å². The monoisotopic (exact) mass is 355 g/mol. The molecule has 0 unspecified atom stereocenters. The Balaban J connectivity index is 1.81. The van der Waals surface area contributed by atoms with Crippen molar-refractivity contribution in [3.63, 3.8) is 0 Å². The van der Waals surface area contributed by atoms with Crippen LogP contribution >= 0.6 is 11.6 Å². The van der Waals surface area contributed by atoms with Crippen molar-refractivity contribution in [1.29, 1.82) is 0 Å². The maximum absolute atomic E-state index is 13.2. The fourth-order valence-electron chi connectivity index (χ4n) is 2.87. The van der Waals surface area contributed by atoms with Crippen molar-refractivity contribution < 1.29 is 17.9 Å². The van der Waals surface area contributed by atoms with E-state index in [1.807, 2.05) is 0 Å². The van der Waals surface area contributed by atoms with E-state index in [2.05, 4.69) is 5.32 Å². The molecule has 2 aromatic rings. The maximum atomic E-state index is 13.2. The largest absolute Gasteiger partial charge is 0.492 e. The van der Waals surface area contributed by atoms with E-state index in [0.717, 1.165) is 25.5 Å². The first-order valence-corrected chi connectivity index (χ1v) is 8.15. The summed E-state index contributed by atoms with van der Waals surface area (Å²) in [5.41, 5.74) is -0.325. The highest BCUT2D eigenvalue weighted by Crippen LogP contribution is 2.41. The van der Waals surface area contributed by atoms with Gasteiger partial charge >= 0.3 is 6.18 Å². The van der Waals surface area contributed by atoms with Crippen molar-refractivity contribution in [3.8, 4) is 16.9 Å². The molecule has 0 radical (unpaired) electrons. The quantitative estimate of drug-likeness (QED) is 0.818. The first-order chi connectivity index (χ1) is 11.4. The highest BCUT2D eigenvalue weighted by molar-refractivity contribution is 6.33. The summed E-state index contributed by atoms with van der Waals surface area (Å²) < 4.78 is 45.3. The molecule has 1 N–H and O–H groups in total. The van der Waals surface area contributed by atoms with Crippen molar-refractivity contribution in [2.24, 2.45) is 0 Å². The molecule has 128 valence electrons. The molecule has 0 aromatic heterocycles. The van der Waals surface area contributed by atoms with Gasteiger partial charge in [-0.1, -0.05) is 29.8 Å². The predicted octanol–water partition coefficient (Wildman–Crippen LogP) is 5.16. The Labute approximate surface area is 143 Å². The first-order valence-electron chi connectivity index (χ1n) is 7.77. The van der Waals surface area contributed by atoms with E-state index in [1.165, 1.54) is 12.1 Å². The zero-order valence-electron chi connectivity index (χ0n) is 12.9. The molecule has 24 heavy (non-hydrogen) atoms. The zero-order chi connectivity index (χ0) is 17.2. The fourth-order valence-corrected chi connectivity index (χ4v) is 3.15. The van der Waals surface area contributed by atoms with Gasteiger partial charge in [-0.3, -0.25) is 0 Å². The van der Waals surface area contributed by atoms with Gasteiger partial charge in [0, 0.05) is 16.6 Å². The minimum atomic E-state index is -4.45. The van der Waals surface area contributed by atoms with Crippen LogP contribution in [-0.4, -0.2) is 19.2 Å². The topological polar surface area (TPSA) is 21.3 Å². The van der Waals surface area contributed by atoms with Crippen LogP contribution in [0.2, 0.25) is 5.02 Å². The van der Waals surface area contributed by atoms with Crippen LogP contribution in [0.4, 0.5) is 13.2 Å². The summed E-state index contributed by atoms with van der Waals surface area (Å²) in [6.45, 7) is 1.55. The smallest absolute Gasteiger partial charge is 0.417 e. The second-order valence-electron chi connectivity index (χ2n) is 5.79. The third-order valence-corrected chi connectivity index (χ3v) is 4.39. The molecule has 2 aromatic carbocycles. The van der Waals surface area contributed by atoms with E-state index in [0.29, 0.717) is 24.0 Å². The van der Waals surface area contributed by atoms with E-state index in [4.69, 9.17) is 16.3 Å². The normalized spacial score (nSPS) is 17.9. The number of hydrogen-bond donors (Lipinski definition) is 1. The standard InChI is InChI=1S/C18H17ClF3NO/c19-16-5-1-4-15(18(20,21)22)17(16)12-6-8-14(9-7-12)24-11-13-3-2-10-23-13/h1,4-9,13,23H,2-3,10-11H2/t13-/m1/s1. The van der Waals surface area contributed by atoms with Gasteiger partial charge in [-0.25, -0.2) is 0 Å². The predicted molar refractivity (Wildman–Crippen MR) is 88.4 cm³/mol. The van der Waals surface area contributed by atoms with Crippen molar-refractivity contribution in [1.82, 2.24) is 5.32 Å². The Morgan fingerprint density at radius 3 is 2.50 bits per heavy atom. The third-order valence-electron chi connectivity index (χ3n) is 4.08. The Morgan fingerprint density at radius 1 is 1.12 bits per heavy atom. The number of rotatable bonds is 4. The van der Waals surface area contributed by atoms with Gasteiger partial charge in [0.05, 0.1) is 5.56 Å². The lowest BCUT2D eigenvalue weighted by atomic mass is 9.99. The van der Waals surface area contributed by atoms with Crippen molar-refractivity contribution >= 4 is 11.6 Å². The van der Waals surface area contributed by atoms with E-state index < -0.39 is 11.7 Å². The van der Waals surface area contributed by atoms with Crippen molar-refractivity contribution in [2.75, 3.05) is 13.2 Å². The molecule has 1 saturated heterocycles. The molecule has 1 fully saturated rings. The van der Waals surface area contributed by atoms with Crippen LogP contribution in [0.1, 0.15) is 18.4 Å². The number of alkyl halides is 3. The molecule has 1 atom stereocenters. The Bertz CT molecular complexity index is 694. The Hall–Kier alpha value is -1.72. The highest BCUT2D eigenvalue weighted by atomic mass is 35.5.